The molecule has 0 aliphatic carbocycles. The normalized spacial score (nSPS) is 25.4. The highest BCUT2D eigenvalue weighted by Gasteiger charge is 2.30. The number of hydrogen-bond acceptors (Lipinski definition) is 3. The van der Waals surface area contributed by atoms with Gasteiger partial charge in [-0.3, -0.25) is 4.90 Å². The Hall–Kier alpha value is -1.13. The van der Waals surface area contributed by atoms with Gasteiger partial charge in [-0.15, -0.1) is 0 Å². The van der Waals surface area contributed by atoms with Crippen LogP contribution in [0.25, 0.3) is 0 Å². The maximum Gasteiger partial charge on any atom is 0.123 e. The number of nitrogens with two attached hydrogens (primary N) is 1. The van der Waals surface area contributed by atoms with Crippen molar-refractivity contribution in [1.82, 2.24) is 4.90 Å². The molecular weight excluding hydrogens is 219 g/mol. The van der Waals surface area contributed by atoms with Crippen molar-refractivity contribution in [1.29, 1.82) is 0 Å². The molecule has 2 atom stereocenters. The van der Waals surface area contributed by atoms with Crippen LogP contribution in [-0.4, -0.2) is 29.2 Å². The first-order valence-corrected chi connectivity index (χ1v) is 6.00. The van der Waals surface area contributed by atoms with E-state index in [-0.39, 0.29) is 18.5 Å². The van der Waals surface area contributed by atoms with E-state index in [1.54, 1.807) is 6.07 Å². The zero-order chi connectivity index (χ0) is 12.4. The van der Waals surface area contributed by atoms with E-state index in [1.807, 2.05) is 0 Å². The van der Waals surface area contributed by atoms with Crippen molar-refractivity contribution in [3.05, 3.63) is 29.6 Å². The molecule has 1 saturated heterocycles. The lowest BCUT2D eigenvalue weighted by atomic mass is 10.0. The minimum absolute atomic E-state index is 0.149. The molecule has 2 rings (SSSR count). The Bertz CT molecular complexity index is 397. The lowest BCUT2D eigenvalue weighted by molar-refractivity contribution is 0.134. The Morgan fingerprint density at radius 2 is 2.29 bits per heavy atom. The smallest absolute Gasteiger partial charge is 0.123 e. The molecular formula is C13H19FN2O. The number of likely N-dealkylation sites (tertiary alicyclic amines) is 1. The van der Waals surface area contributed by atoms with Gasteiger partial charge >= 0.3 is 0 Å². The van der Waals surface area contributed by atoms with Gasteiger partial charge in [0.05, 0.1) is 6.61 Å². The van der Waals surface area contributed by atoms with Gasteiger partial charge in [-0.1, -0.05) is 6.92 Å². The predicted octanol–water partition coefficient (Wildman–Crippen LogP) is 1.61. The second-order valence-corrected chi connectivity index (χ2v) is 4.83. The molecule has 1 heterocycles. The monoisotopic (exact) mass is 238 g/mol. The quantitative estimate of drug-likeness (QED) is 0.787. The lowest BCUT2D eigenvalue weighted by Crippen LogP contribution is -2.34. The molecule has 1 aromatic carbocycles. The molecule has 1 aliphatic rings. The molecule has 1 aromatic rings. The highest BCUT2D eigenvalue weighted by molar-refractivity contribution is 5.46. The van der Waals surface area contributed by atoms with E-state index in [0.29, 0.717) is 18.2 Å². The summed E-state index contributed by atoms with van der Waals surface area (Å²) in [6.07, 6.45) is 1.07. The van der Waals surface area contributed by atoms with E-state index in [1.165, 1.54) is 12.1 Å². The third-order valence-corrected chi connectivity index (χ3v) is 3.66. The van der Waals surface area contributed by atoms with Gasteiger partial charge in [0.1, 0.15) is 5.82 Å². The first kappa shape index (κ1) is 12.3. The SMILES string of the molecule is CC1CCN(Cc2cc(F)ccc2N)C1CO. The number of aliphatic hydroxyl groups is 1. The van der Waals surface area contributed by atoms with Crippen LogP contribution in [0.1, 0.15) is 18.9 Å². The summed E-state index contributed by atoms with van der Waals surface area (Å²) < 4.78 is 13.2. The first-order chi connectivity index (χ1) is 8.11. The van der Waals surface area contributed by atoms with Gasteiger partial charge in [-0.25, -0.2) is 4.39 Å². The third kappa shape index (κ3) is 2.58. The summed E-state index contributed by atoms with van der Waals surface area (Å²) in [4.78, 5) is 2.18. The van der Waals surface area contributed by atoms with E-state index >= 15 is 0 Å². The van der Waals surface area contributed by atoms with Crippen LogP contribution in [0.2, 0.25) is 0 Å². The number of rotatable bonds is 3. The van der Waals surface area contributed by atoms with Gasteiger partial charge in [0.25, 0.3) is 0 Å². The average Bonchev–Trinajstić information content (AvgIpc) is 2.64. The molecule has 0 radical (unpaired) electrons. The number of aliphatic hydroxyl groups excluding tert-OH is 1. The zero-order valence-corrected chi connectivity index (χ0v) is 10.1. The lowest BCUT2D eigenvalue weighted by Gasteiger charge is -2.25. The highest BCUT2D eigenvalue weighted by atomic mass is 19.1. The first-order valence-electron chi connectivity index (χ1n) is 6.00. The van der Waals surface area contributed by atoms with Crippen molar-refractivity contribution in [2.75, 3.05) is 18.9 Å². The molecule has 17 heavy (non-hydrogen) atoms. The van der Waals surface area contributed by atoms with Crippen LogP contribution in [0, 0.1) is 11.7 Å². The molecule has 1 aliphatic heterocycles. The van der Waals surface area contributed by atoms with Crippen molar-refractivity contribution in [2.24, 2.45) is 5.92 Å². The summed E-state index contributed by atoms with van der Waals surface area (Å²) in [6, 6.07) is 4.61. The van der Waals surface area contributed by atoms with Crippen LogP contribution in [0.15, 0.2) is 18.2 Å². The summed E-state index contributed by atoms with van der Waals surface area (Å²) in [7, 11) is 0. The van der Waals surface area contributed by atoms with E-state index in [2.05, 4.69) is 11.8 Å². The van der Waals surface area contributed by atoms with Gasteiger partial charge in [-0.2, -0.15) is 0 Å². The number of halogens is 1. The summed E-state index contributed by atoms with van der Waals surface area (Å²) >= 11 is 0. The van der Waals surface area contributed by atoms with Crippen LogP contribution in [0.5, 0.6) is 0 Å². The maximum absolute atomic E-state index is 13.2. The summed E-state index contributed by atoms with van der Waals surface area (Å²) in [6.45, 7) is 3.83. The Kier molecular flexibility index (Phi) is 3.64. The van der Waals surface area contributed by atoms with Gasteiger partial charge in [0.15, 0.2) is 0 Å². The zero-order valence-electron chi connectivity index (χ0n) is 10.1. The van der Waals surface area contributed by atoms with Crippen LogP contribution < -0.4 is 5.73 Å². The number of benzene rings is 1. The molecule has 0 amide bonds. The van der Waals surface area contributed by atoms with Crippen molar-refractivity contribution in [3.63, 3.8) is 0 Å². The largest absolute Gasteiger partial charge is 0.398 e. The average molecular weight is 238 g/mol. The fourth-order valence-corrected chi connectivity index (χ4v) is 2.51. The van der Waals surface area contributed by atoms with Crippen molar-refractivity contribution in [3.8, 4) is 0 Å². The molecule has 4 heteroatoms. The number of nitrogens with zero attached hydrogens (tertiary/aromatic N) is 1. The minimum Gasteiger partial charge on any atom is -0.398 e. The van der Waals surface area contributed by atoms with Gasteiger partial charge in [0.2, 0.25) is 0 Å². The third-order valence-electron chi connectivity index (χ3n) is 3.66. The molecule has 94 valence electrons. The Balaban J connectivity index is 2.12. The van der Waals surface area contributed by atoms with E-state index in [4.69, 9.17) is 5.73 Å². The molecule has 3 N–H and O–H groups in total. The number of nitrogen functional groups attached to an aromatic ring is 1. The standard InChI is InChI=1S/C13H19FN2O/c1-9-4-5-16(13(9)8-17)7-10-6-11(14)2-3-12(10)15/h2-3,6,9,13,17H,4-5,7-8,15H2,1H3. The summed E-state index contributed by atoms with van der Waals surface area (Å²) in [5.74, 6) is 0.219. The van der Waals surface area contributed by atoms with E-state index in [9.17, 15) is 9.50 Å². The molecule has 0 bridgehead atoms. The van der Waals surface area contributed by atoms with Crippen LogP contribution in [0.4, 0.5) is 10.1 Å². The van der Waals surface area contributed by atoms with Gasteiger partial charge < -0.3 is 10.8 Å². The van der Waals surface area contributed by atoms with E-state index < -0.39 is 0 Å². The molecule has 0 saturated carbocycles. The molecule has 0 spiro atoms. The van der Waals surface area contributed by atoms with Crippen LogP contribution in [-0.2, 0) is 6.54 Å². The number of hydrogen-bond donors (Lipinski definition) is 2. The van der Waals surface area contributed by atoms with Crippen molar-refractivity contribution >= 4 is 5.69 Å². The van der Waals surface area contributed by atoms with Crippen molar-refractivity contribution in [2.45, 2.75) is 25.9 Å². The topological polar surface area (TPSA) is 49.5 Å². The Morgan fingerprint density at radius 3 is 3.00 bits per heavy atom. The molecule has 3 nitrogen and oxygen atoms in total. The van der Waals surface area contributed by atoms with Gasteiger partial charge in [-0.05, 0) is 42.6 Å². The summed E-state index contributed by atoms with van der Waals surface area (Å²) in [5, 5.41) is 9.36. The summed E-state index contributed by atoms with van der Waals surface area (Å²) in [5.41, 5.74) is 7.25. The molecule has 0 aromatic heterocycles. The fraction of sp³-hybridized carbons (Fsp3) is 0.538. The molecule has 1 fully saturated rings. The Morgan fingerprint density at radius 1 is 1.53 bits per heavy atom. The van der Waals surface area contributed by atoms with Crippen LogP contribution in [0.3, 0.4) is 0 Å². The second kappa shape index (κ2) is 5.02. The predicted molar refractivity (Wildman–Crippen MR) is 65.9 cm³/mol. The maximum atomic E-state index is 13.2. The van der Waals surface area contributed by atoms with Gasteiger partial charge in [0, 0.05) is 18.3 Å². The molecule has 2 unspecified atom stereocenters. The van der Waals surface area contributed by atoms with Crippen molar-refractivity contribution < 1.29 is 9.50 Å². The second-order valence-electron chi connectivity index (χ2n) is 4.83. The van der Waals surface area contributed by atoms with Crippen LogP contribution >= 0.6 is 0 Å². The minimum atomic E-state index is -0.262. The fourth-order valence-electron chi connectivity index (χ4n) is 2.51. The number of anilines is 1. The van der Waals surface area contributed by atoms with E-state index in [0.717, 1.165) is 18.5 Å². The highest BCUT2D eigenvalue weighted by Crippen LogP contribution is 2.26. The Labute approximate surface area is 101 Å².